The first-order valence-electron chi connectivity index (χ1n) is 11.7. The lowest BCUT2D eigenvalue weighted by Gasteiger charge is -2.28. The van der Waals surface area contributed by atoms with Gasteiger partial charge in [-0.3, -0.25) is 0 Å². The Balaban J connectivity index is 0.000000204. The summed E-state index contributed by atoms with van der Waals surface area (Å²) < 4.78 is 10.6. The maximum Gasteiger partial charge on any atom is 0.219 e. The molecule has 0 atom stereocenters. The minimum absolute atomic E-state index is 0.293. The second-order valence-corrected chi connectivity index (χ2v) is 8.59. The normalized spacial score (nSPS) is 16.3. The van der Waals surface area contributed by atoms with Gasteiger partial charge in [0.05, 0.1) is 25.6 Å². The molecular formula is C25H40N4O2. The summed E-state index contributed by atoms with van der Waals surface area (Å²) in [5.74, 6) is 2.56. The van der Waals surface area contributed by atoms with E-state index in [9.17, 15) is 0 Å². The van der Waals surface area contributed by atoms with Crippen molar-refractivity contribution < 1.29 is 9.47 Å². The smallest absolute Gasteiger partial charge is 0.219 e. The number of nitrogens with zero attached hydrogens (tertiary/aromatic N) is 4. The van der Waals surface area contributed by atoms with Gasteiger partial charge in [-0.1, -0.05) is 48.0 Å². The van der Waals surface area contributed by atoms with Gasteiger partial charge in [0.15, 0.2) is 0 Å². The molecule has 2 aliphatic carbocycles. The van der Waals surface area contributed by atoms with Gasteiger partial charge in [-0.05, 0) is 38.0 Å². The summed E-state index contributed by atoms with van der Waals surface area (Å²) >= 11 is 0. The number of methoxy groups -OCH3 is 2. The summed E-state index contributed by atoms with van der Waals surface area (Å²) in [5.41, 5.74) is 5.07. The predicted octanol–water partition coefficient (Wildman–Crippen LogP) is 6.00. The lowest BCUT2D eigenvalue weighted by Crippen LogP contribution is -2.15. The van der Waals surface area contributed by atoms with Crippen LogP contribution in [0.3, 0.4) is 0 Å². The summed E-state index contributed by atoms with van der Waals surface area (Å²) in [6, 6.07) is 0. The van der Waals surface area contributed by atoms with Crippen molar-refractivity contribution in [1.82, 2.24) is 19.9 Å². The van der Waals surface area contributed by atoms with Crippen molar-refractivity contribution in [2.24, 2.45) is 0 Å². The Morgan fingerprint density at radius 1 is 0.968 bits per heavy atom. The highest BCUT2D eigenvalue weighted by molar-refractivity contribution is 5.37. The first-order chi connectivity index (χ1) is 14.9. The first-order valence-corrected chi connectivity index (χ1v) is 11.7. The molecule has 0 unspecified atom stereocenters. The zero-order valence-electron chi connectivity index (χ0n) is 20.7. The van der Waals surface area contributed by atoms with E-state index in [-0.39, 0.29) is 0 Å². The first kappa shape index (κ1) is 25.0. The SMILES string of the molecule is CC.CCc1c(OC)ncnc1C1(C)CC1.COc1ncnc(C2CCC2)c1C(C)C. The maximum atomic E-state index is 5.31. The maximum absolute atomic E-state index is 5.31. The van der Waals surface area contributed by atoms with Crippen LogP contribution in [-0.2, 0) is 11.8 Å². The third-order valence-electron chi connectivity index (χ3n) is 6.17. The van der Waals surface area contributed by atoms with Crippen molar-refractivity contribution in [2.75, 3.05) is 14.2 Å². The standard InChI is InChI=1S/C12H18N2O.C11H16N2O.C2H6/c1-8(2)10-11(9-5-4-6-9)13-7-14-12(10)15-3;1-4-8-9(11(2)5-6-11)12-7-13-10(8)14-3;1-2/h7-9H,4-6H2,1-3H3;7H,4-6H2,1-3H3;1-2H3. The molecule has 0 N–H and O–H groups in total. The van der Waals surface area contributed by atoms with E-state index in [1.54, 1.807) is 26.9 Å². The Morgan fingerprint density at radius 3 is 2.00 bits per heavy atom. The number of ether oxygens (including phenoxy) is 2. The average Bonchev–Trinajstić information content (AvgIpc) is 3.51. The highest BCUT2D eigenvalue weighted by Crippen LogP contribution is 2.48. The summed E-state index contributed by atoms with van der Waals surface area (Å²) in [7, 11) is 3.35. The largest absolute Gasteiger partial charge is 0.481 e. The van der Waals surface area contributed by atoms with E-state index >= 15 is 0 Å². The topological polar surface area (TPSA) is 70.0 Å². The fraction of sp³-hybridized carbons (Fsp3) is 0.680. The summed E-state index contributed by atoms with van der Waals surface area (Å²) in [5, 5.41) is 0. The van der Waals surface area contributed by atoms with Gasteiger partial charge in [0.25, 0.3) is 0 Å². The van der Waals surface area contributed by atoms with Crippen LogP contribution < -0.4 is 9.47 Å². The van der Waals surface area contributed by atoms with Gasteiger partial charge in [0.1, 0.15) is 12.7 Å². The Labute approximate surface area is 188 Å². The molecule has 0 aliphatic heterocycles. The highest BCUT2D eigenvalue weighted by atomic mass is 16.5. The van der Waals surface area contributed by atoms with Crippen LogP contribution in [0.15, 0.2) is 12.7 Å². The fourth-order valence-electron chi connectivity index (χ4n) is 3.94. The summed E-state index contributed by atoms with van der Waals surface area (Å²) in [6.07, 6.45) is 10.5. The lowest BCUT2D eigenvalue weighted by molar-refractivity contribution is 0.373. The number of rotatable bonds is 6. The molecule has 2 fully saturated rings. The van der Waals surface area contributed by atoms with Gasteiger partial charge in [0.2, 0.25) is 11.8 Å². The van der Waals surface area contributed by atoms with Crippen molar-refractivity contribution in [3.05, 3.63) is 35.2 Å². The Bertz CT molecular complexity index is 830. The molecule has 2 heterocycles. The number of hydrogen-bond donors (Lipinski definition) is 0. The molecule has 2 aromatic heterocycles. The molecule has 0 spiro atoms. The monoisotopic (exact) mass is 428 g/mol. The van der Waals surface area contributed by atoms with Crippen LogP contribution in [0.2, 0.25) is 0 Å². The molecule has 31 heavy (non-hydrogen) atoms. The van der Waals surface area contributed by atoms with Crippen molar-refractivity contribution >= 4 is 0 Å². The molecule has 172 valence electrons. The third-order valence-corrected chi connectivity index (χ3v) is 6.17. The lowest BCUT2D eigenvalue weighted by atomic mass is 9.79. The summed E-state index contributed by atoms with van der Waals surface area (Å²) in [6.45, 7) is 12.7. The predicted molar refractivity (Wildman–Crippen MR) is 125 cm³/mol. The van der Waals surface area contributed by atoms with Crippen molar-refractivity contribution in [1.29, 1.82) is 0 Å². The van der Waals surface area contributed by atoms with Gasteiger partial charge in [0, 0.05) is 22.5 Å². The van der Waals surface area contributed by atoms with E-state index in [0.29, 0.717) is 17.3 Å². The van der Waals surface area contributed by atoms with Crippen LogP contribution in [0.4, 0.5) is 0 Å². The average molecular weight is 429 g/mol. The second kappa shape index (κ2) is 11.4. The molecule has 6 heteroatoms. The zero-order valence-corrected chi connectivity index (χ0v) is 20.7. The number of hydrogen-bond acceptors (Lipinski definition) is 6. The number of aromatic nitrogens is 4. The highest BCUT2D eigenvalue weighted by Gasteiger charge is 2.42. The van der Waals surface area contributed by atoms with Crippen molar-refractivity contribution in [2.45, 2.75) is 97.3 Å². The molecule has 2 aromatic rings. The van der Waals surface area contributed by atoms with Gasteiger partial charge in [-0.25, -0.2) is 19.9 Å². The van der Waals surface area contributed by atoms with E-state index in [1.165, 1.54) is 54.6 Å². The minimum atomic E-state index is 0.293. The van der Waals surface area contributed by atoms with E-state index in [0.717, 1.165) is 18.2 Å². The fourth-order valence-corrected chi connectivity index (χ4v) is 3.94. The Morgan fingerprint density at radius 2 is 1.55 bits per heavy atom. The van der Waals surface area contributed by atoms with Crippen LogP contribution >= 0.6 is 0 Å². The minimum Gasteiger partial charge on any atom is -0.481 e. The Kier molecular flexibility index (Phi) is 9.20. The van der Waals surface area contributed by atoms with Crippen LogP contribution in [-0.4, -0.2) is 34.2 Å². The van der Waals surface area contributed by atoms with Gasteiger partial charge < -0.3 is 9.47 Å². The summed E-state index contributed by atoms with van der Waals surface area (Å²) in [4.78, 5) is 17.2. The van der Waals surface area contributed by atoms with Gasteiger partial charge in [-0.15, -0.1) is 0 Å². The van der Waals surface area contributed by atoms with Gasteiger partial charge >= 0.3 is 0 Å². The molecule has 6 nitrogen and oxygen atoms in total. The Hall–Kier alpha value is -2.24. The van der Waals surface area contributed by atoms with Crippen molar-refractivity contribution in [3.8, 4) is 11.8 Å². The third kappa shape index (κ3) is 5.72. The van der Waals surface area contributed by atoms with E-state index in [1.807, 2.05) is 13.8 Å². The van der Waals surface area contributed by atoms with Crippen LogP contribution in [0.25, 0.3) is 0 Å². The van der Waals surface area contributed by atoms with E-state index < -0.39 is 0 Å². The molecular weight excluding hydrogens is 388 g/mol. The van der Waals surface area contributed by atoms with E-state index in [2.05, 4.69) is 47.6 Å². The van der Waals surface area contributed by atoms with Crippen LogP contribution in [0, 0.1) is 0 Å². The molecule has 0 amide bonds. The molecule has 0 bridgehead atoms. The molecule has 4 rings (SSSR count). The molecule has 0 aromatic carbocycles. The van der Waals surface area contributed by atoms with Crippen LogP contribution in [0.5, 0.6) is 11.8 Å². The molecule has 2 saturated carbocycles. The van der Waals surface area contributed by atoms with Gasteiger partial charge in [-0.2, -0.15) is 0 Å². The van der Waals surface area contributed by atoms with E-state index in [4.69, 9.17) is 9.47 Å². The second-order valence-electron chi connectivity index (χ2n) is 8.59. The molecule has 0 radical (unpaired) electrons. The van der Waals surface area contributed by atoms with Crippen LogP contribution in [0.1, 0.15) is 108 Å². The quantitative estimate of drug-likeness (QED) is 0.562. The zero-order chi connectivity index (χ0) is 23.0. The van der Waals surface area contributed by atoms with Crippen molar-refractivity contribution in [3.63, 3.8) is 0 Å². The molecule has 2 aliphatic rings. The molecule has 0 saturated heterocycles.